The lowest BCUT2D eigenvalue weighted by Crippen LogP contribution is -2.28. The smallest absolute Gasteiger partial charge is 0.0465 e. The monoisotopic (exact) mass is 720 g/mol. The number of rotatable bonds is 8. The number of hydrogen-bond donors (Lipinski definition) is 0. The largest absolute Gasteiger partial charge is 0.311 e. The van der Waals surface area contributed by atoms with E-state index in [2.05, 4.69) is 216 Å². The summed E-state index contributed by atoms with van der Waals surface area (Å²) in [7, 11) is 0. The molecule has 2 aliphatic carbocycles. The molecule has 0 aromatic heterocycles. The van der Waals surface area contributed by atoms with Crippen LogP contribution in [0.15, 0.2) is 206 Å². The van der Waals surface area contributed by atoms with Crippen molar-refractivity contribution < 1.29 is 0 Å². The zero-order valence-electron chi connectivity index (χ0n) is 31.6. The molecular formula is C54H44N2. The van der Waals surface area contributed by atoms with Gasteiger partial charge in [0.15, 0.2) is 0 Å². The molecule has 0 saturated heterocycles. The molecule has 2 aliphatic rings. The van der Waals surface area contributed by atoms with Gasteiger partial charge < -0.3 is 9.80 Å². The van der Waals surface area contributed by atoms with E-state index in [4.69, 9.17) is 0 Å². The first kappa shape index (κ1) is 33.9. The minimum Gasteiger partial charge on any atom is -0.311 e. The highest BCUT2D eigenvalue weighted by atomic mass is 15.2. The number of nitrogens with zero attached hydrogens (tertiary/aromatic N) is 2. The summed E-state index contributed by atoms with van der Waals surface area (Å²) in [5, 5.41) is 0. The maximum Gasteiger partial charge on any atom is 0.0465 e. The second kappa shape index (κ2) is 14.5. The molecule has 0 N–H and O–H groups in total. The van der Waals surface area contributed by atoms with Gasteiger partial charge in [0.05, 0.1) is 0 Å². The molecule has 0 unspecified atom stereocenters. The Balaban J connectivity index is 1.05. The maximum atomic E-state index is 2.51. The van der Waals surface area contributed by atoms with Gasteiger partial charge >= 0.3 is 0 Å². The van der Waals surface area contributed by atoms with E-state index in [1.165, 1.54) is 82.3 Å². The van der Waals surface area contributed by atoms with Crippen molar-refractivity contribution in [3.05, 3.63) is 217 Å². The zero-order chi connectivity index (χ0) is 37.3. The minimum absolute atomic E-state index is 0.0963. The van der Waals surface area contributed by atoms with E-state index < -0.39 is 0 Å². The van der Waals surface area contributed by atoms with E-state index in [0.29, 0.717) is 0 Å². The Morgan fingerprint density at radius 1 is 0.286 bits per heavy atom. The Hall–Kier alpha value is -6.64. The van der Waals surface area contributed by atoms with Gasteiger partial charge in [0, 0.05) is 39.5 Å². The highest BCUT2D eigenvalue weighted by molar-refractivity contribution is 5.87. The summed E-state index contributed by atoms with van der Waals surface area (Å²) in [6.07, 6.45) is 6.32. The summed E-state index contributed by atoms with van der Waals surface area (Å²) < 4.78 is 0. The minimum atomic E-state index is 0.0963. The molecule has 1 spiro atoms. The van der Waals surface area contributed by atoms with E-state index in [-0.39, 0.29) is 5.41 Å². The molecule has 10 rings (SSSR count). The quantitative estimate of drug-likeness (QED) is 0.154. The normalized spacial score (nSPS) is 13.9. The summed E-state index contributed by atoms with van der Waals surface area (Å²) in [6, 6.07) is 75.4. The molecular weight excluding hydrogens is 677 g/mol. The van der Waals surface area contributed by atoms with Crippen LogP contribution in [-0.4, -0.2) is 0 Å². The van der Waals surface area contributed by atoms with Crippen LogP contribution in [0.25, 0.3) is 33.4 Å². The Morgan fingerprint density at radius 2 is 0.661 bits per heavy atom. The molecule has 2 heteroatoms. The summed E-state index contributed by atoms with van der Waals surface area (Å²) in [4.78, 5) is 4.79. The first-order valence-corrected chi connectivity index (χ1v) is 20.1. The van der Waals surface area contributed by atoms with Gasteiger partial charge in [-0.2, -0.15) is 0 Å². The third-order valence-corrected chi connectivity index (χ3v) is 12.1. The molecule has 2 nitrogen and oxygen atoms in total. The predicted molar refractivity (Wildman–Crippen MR) is 236 cm³/mol. The van der Waals surface area contributed by atoms with Crippen LogP contribution in [0.3, 0.4) is 0 Å². The topological polar surface area (TPSA) is 6.48 Å². The average Bonchev–Trinajstić information content (AvgIpc) is 3.54. The van der Waals surface area contributed by atoms with Crippen LogP contribution in [-0.2, 0) is 5.41 Å². The molecule has 0 bridgehead atoms. The molecule has 270 valence electrons. The zero-order valence-corrected chi connectivity index (χ0v) is 31.6. The number of fused-ring (bicyclic) bond motifs is 5. The number of benzene rings is 8. The van der Waals surface area contributed by atoms with Gasteiger partial charge in [0.1, 0.15) is 0 Å². The van der Waals surface area contributed by atoms with Crippen LogP contribution in [0.2, 0.25) is 0 Å². The molecule has 1 saturated carbocycles. The van der Waals surface area contributed by atoms with Gasteiger partial charge in [-0.05, 0) is 130 Å². The van der Waals surface area contributed by atoms with Crippen molar-refractivity contribution in [1.82, 2.24) is 0 Å². The third kappa shape index (κ3) is 6.08. The van der Waals surface area contributed by atoms with Crippen molar-refractivity contribution >= 4 is 34.1 Å². The third-order valence-electron chi connectivity index (χ3n) is 12.1. The van der Waals surface area contributed by atoms with Crippen molar-refractivity contribution in [3.63, 3.8) is 0 Å². The standard InChI is InChI=1S/C54H44N2/c1-5-15-40(16-6-1)42-23-27-45(28-24-42)55(46-29-25-43(26-30-46)41-17-7-2-8-18-41)47-31-33-48(34-32-47)56(44-19-9-3-10-20-44)49-35-36-51-50-21-11-12-22-52(50)54(53(51)39-49)37-13-4-14-38-54/h1-3,5-12,15-36,39H,4,13-14,37-38H2. The molecule has 0 amide bonds. The van der Waals surface area contributed by atoms with Gasteiger partial charge in [-0.25, -0.2) is 0 Å². The van der Waals surface area contributed by atoms with Crippen molar-refractivity contribution in [3.8, 4) is 33.4 Å². The molecule has 0 aliphatic heterocycles. The van der Waals surface area contributed by atoms with Crippen LogP contribution >= 0.6 is 0 Å². The van der Waals surface area contributed by atoms with Crippen molar-refractivity contribution in [2.75, 3.05) is 9.80 Å². The lowest BCUT2D eigenvalue weighted by molar-refractivity contribution is 0.353. The second-order valence-electron chi connectivity index (χ2n) is 15.3. The van der Waals surface area contributed by atoms with E-state index in [1.807, 2.05) is 0 Å². The highest BCUT2D eigenvalue weighted by Gasteiger charge is 2.43. The average molecular weight is 721 g/mol. The van der Waals surface area contributed by atoms with E-state index >= 15 is 0 Å². The fourth-order valence-electron chi connectivity index (χ4n) is 9.37. The number of hydrogen-bond acceptors (Lipinski definition) is 2. The maximum absolute atomic E-state index is 2.51. The SMILES string of the molecule is c1ccc(-c2ccc(N(c3ccc(-c4ccccc4)cc3)c3ccc(N(c4ccccc4)c4ccc5c(c4)C4(CCCCC4)c4ccccc4-5)cc3)cc2)cc1. The lowest BCUT2D eigenvalue weighted by atomic mass is 9.68. The van der Waals surface area contributed by atoms with E-state index in [0.717, 1.165) is 28.4 Å². The number of para-hydroxylation sites is 1. The van der Waals surface area contributed by atoms with E-state index in [9.17, 15) is 0 Å². The lowest BCUT2D eigenvalue weighted by Gasteiger charge is -2.36. The summed E-state index contributed by atoms with van der Waals surface area (Å²) in [5.74, 6) is 0. The molecule has 0 radical (unpaired) electrons. The van der Waals surface area contributed by atoms with Gasteiger partial charge in [-0.1, -0.05) is 153 Å². The molecule has 1 fully saturated rings. The van der Waals surface area contributed by atoms with Crippen molar-refractivity contribution in [2.45, 2.75) is 37.5 Å². The summed E-state index contributed by atoms with van der Waals surface area (Å²) in [5.41, 5.74) is 17.6. The Labute approximate surface area is 331 Å². The second-order valence-corrected chi connectivity index (χ2v) is 15.3. The van der Waals surface area contributed by atoms with Gasteiger partial charge in [0.2, 0.25) is 0 Å². The summed E-state index contributed by atoms with van der Waals surface area (Å²) >= 11 is 0. The molecule has 0 atom stereocenters. The first-order valence-electron chi connectivity index (χ1n) is 20.1. The molecule has 56 heavy (non-hydrogen) atoms. The van der Waals surface area contributed by atoms with Crippen LogP contribution in [0, 0.1) is 0 Å². The Bertz CT molecular complexity index is 2490. The van der Waals surface area contributed by atoms with Gasteiger partial charge in [0.25, 0.3) is 0 Å². The molecule has 0 heterocycles. The fraction of sp³-hybridized carbons (Fsp3) is 0.111. The van der Waals surface area contributed by atoms with E-state index in [1.54, 1.807) is 0 Å². The molecule has 8 aromatic rings. The molecule has 8 aromatic carbocycles. The van der Waals surface area contributed by atoms with Crippen LogP contribution in [0.1, 0.15) is 43.2 Å². The summed E-state index contributed by atoms with van der Waals surface area (Å²) in [6.45, 7) is 0. The Morgan fingerprint density at radius 3 is 1.20 bits per heavy atom. The van der Waals surface area contributed by atoms with Gasteiger partial charge in [-0.3, -0.25) is 0 Å². The predicted octanol–water partition coefficient (Wildman–Crippen LogP) is 15.2. The number of anilines is 6. The Kier molecular flexibility index (Phi) is 8.80. The van der Waals surface area contributed by atoms with Crippen LogP contribution in [0.5, 0.6) is 0 Å². The fourth-order valence-corrected chi connectivity index (χ4v) is 9.37. The highest BCUT2D eigenvalue weighted by Crippen LogP contribution is 2.57. The van der Waals surface area contributed by atoms with Gasteiger partial charge in [-0.15, -0.1) is 0 Å². The first-order chi connectivity index (χ1) is 27.7. The van der Waals surface area contributed by atoms with Crippen LogP contribution < -0.4 is 9.80 Å². The van der Waals surface area contributed by atoms with Crippen molar-refractivity contribution in [1.29, 1.82) is 0 Å². The van der Waals surface area contributed by atoms with Crippen LogP contribution in [0.4, 0.5) is 34.1 Å². The van der Waals surface area contributed by atoms with Crippen molar-refractivity contribution in [2.24, 2.45) is 0 Å².